The molecule has 0 amide bonds. The molecule has 0 aliphatic rings. The van der Waals surface area contributed by atoms with Gasteiger partial charge in [0.25, 0.3) is 0 Å². The summed E-state index contributed by atoms with van der Waals surface area (Å²) in [7, 11) is -5.62. The van der Waals surface area contributed by atoms with Crippen molar-refractivity contribution in [2.75, 3.05) is 6.26 Å². The van der Waals surface area contributed by atoms with Crippen LogP contribution in [0.4, 0.5) is 13.2 Å². The van der Waals surface area contributed by atoms with Gasteiger partial charge in [0.05, 0.1) is 20.6 Å². The van der Waals surface area contributed by atoms with E-state index in [1.807, 2.05) is 0 Å². The first-order valence-electron chi connectivity index (χ1n) is 8.05. The Balaban J connectivity index is 0.000000550. The average molecular weight is 396 g/mol. The fourth-order valence-electron chi connectivity index (χ4n) is 2.51. The SMILES string of the molecule is CCCCCCCc1cc2ccccc2[s+]1C(F)(F)F.CS(=O)(=O)[O-]. The third-order valence-corrected chi connectivity index (χ3v) is 5.60. The molecule has 0 radical (unpaired) electrons. The minimum Gasteiger partial charge on any atom is -0.748 e. The predicted octanol–water partition coefficient (Wildman–Crippen LogP) is 5.74. The highest BCUT2D eigenvalue weighted by Crippen LogP contribution is 2.51. The van der Waals surface area contributed by atoms with Crippen molar-refractivity contribution >= 4 is 30.7 Å². The van der Waals surface area contributed by atoms with Gasteiger partial charge in [0.1, 0.15) is 0 Å². The second-order valence-electron chi connectivity index (χ2n) is 5.77. The molecule has 0 bridgehead atoms. The van der Waals surface area contributed by atoms with Gasteiger partial charge in [-0.05, 0) is 18.6 Å². The molecule has 8 heteroatoms. The van der Waals surface area contributed by atoms with E-state index in [4.69, 9.17) is 13.0 Å². The van der Waals surface area contributed by atoms with Gasteiger partial charge in [0.15, 0.2) is 9.58 Å². The van der Waals surface area contributed by atoms with Gasteiger partial charge in [-0.3, -0.25) is 0 Å². The Kier molecular flexibility index (Phi) is 8.37. The molecule has 2 aromatic rings. The quantitative estimate of drug-likeness (QED) is 0.355. The van der Waals surface area contributed by atoms with E-state index in [1.165, 1.54) is 6.42 Å². The van der Waals surface area contributed by atoms with Crippen LogP contribution < -0.4 is 0 Å². The molecule has 0 saturated heterocycles. The van der Waals surface area contributed by atoms with Gasteiger partial charge in [-0.15, -0.1) is 13.2 Å². The van der Waals surface area contributed by atoms with E-state index in [-0.39, 0.29) is 0 Å². The van der Waals surface area contributed by atoms with E-state index in [2.05, 4.69) is 6.92 Å². The van der Waals surface area contributed by atoms with Crippen LogP contribution in [-0.2, 0) is 22.0 Å². The number of hydrogen-bond donors (Lipinski definition) is 0. The molecule has 0 N–H and O–H groups in total. The van der Waals surface area contributed by atoms with Crippen LogP contribution in [0.2, 0.25) is 0 Å². The fourth-order valence-corrected chi connectivity index (χ4v) is 4.51. The van der Waals surface area contributed by atoms with Gasteiger partial charge < -0.3 is 4.55 Å². The molecule has 25 heavy (non-hydrogen) atoms. The molecular weight excluding hydrogens is 373 g/mol. The summed E-state index contributed by atoms with van der Waals surface area (Å²) in [5, 5.41) is 0.747. The Labute approximate surface area is 149 Å². The molecule has 2 rings (SSSR count). The van der Waals surface area contributed by atoms with Crippen LogP contribution in [0.25, 0.3) is 10.1 Å². The van der Waals surface area contributed by atoms with Crippen LogP contribution in [-0.4, -0.2) is 19.2 Å². The standard InChI is InChI=1S/C16H20F3S.CH4O3S/c1-2-3-4-5-6-10-14-12-13-9-7-8-11-15(13)20(14)16(17,18)19;1-5(2,3)4/h7-9,11-12H,2-6,10H2,1H3;1H3,(H,2,3,4)/q+1;/p-1. The maximum absolute atomic E-state index is 13.3. The first-order chi connectivity index (χ1) is 11.5. The molecule has 0 fully saturated rings. The van der Waals surface area contributed by atoms with Gasteiger partial charge in [-0.2, -0.15) is 0 Å². The second-order valence-corrected chi connectivity index (χ2v) is 9.22. The highest BCUT2D eigenvalue weighted by Gasteiger charge is 2.47. The van der Waals surface area contributed by atoms with Crippen LogP contribution in [0.5, 0.6) is 0 Å². The van der Waals surface area contributed by atoms with Crippen molar-refractivity contribution in [3.63, 3.8) is 0 Å². The Hall–Kier alpha value is -1.12. The number of halogens is 3. The van der Waals surface area contributed by atoms with Crippen molar-refractivity contribution in [1.29, 1.82) is 0 Å². The molecule has 0 aliphatic heterocycles. The smallest absolute Gasteiger partial charge is 0.600 e. The fraction of sp³-hybridized carbons (Fsp3) is 0.529. The summed E-state index contributed by atoms with van der Waals surface area (Å²) in [6.45, 7) is 2.14. The van der Waals surface area contributed by atoms with Crippen LogP contribution in [0, 0.1) is 0 Å². The van der Waals surface area contributed by atoms with Gasteiger partial charge in [-0.1, -0.05) is 44.7 Å². The van der Waals surface area contributed by atoms with E-state index in [1.54, 1.807) is 30.3 Å². The molecular formula is C17H23F3O3S2. The van der Waals surface area contributed by atoms with Crippen molar-refractivity contribution in [3.05, 3.63) is 35.2 Å². The lowest BCUT2D eigenvalue weighted by molar-refractivity contribution is -0.0867. The highest BCUT2D eigenvalue weighted by atomic mass is 32.2. The summed E-state index contributed by atoms with van der Waals surface area (Å²) in [6, 6.07) is 8.66. The largest absolute Gasteiger partial charge is 0.748 e. The molecule has 0 spiro atoms. The average Bonchev–Trinajstić information content (AvgIpc) is 2.83. The van der Waals surface area contributed by atoms with E-state index in [9.17, 15) is 13.2 Å². The molecule has 1 aromatic heterocycles. The molecule has 0 aliphatic carbocycles. The van der Waals surface area contributed by atoms with Crippen molar-refractivity contribution in [2.24, 2.45) is 0 Å². The van der Waals surface area contributed by atoms with Crippen molar-refractivity contribution in [1.82, 2.24) is 0 Å². The maximum atomic E-state index is 13.3. The second kappa shape index (κ2) is 9.54. The van der Waals surface area contributed by atoms with E-state index in [0.717, 1.165) is 31.1 Å². The monoisotopic (exact) mass is 396 g/mol. The van der Waals surface area contributed by atoms with Gasteiger partial charge in [0.2, 0.25) is 0 Å². The highest BCUT2D eigenvalue weighted by molar-refractivity contribution is 7.84. The third kappa shape index (κ3) is 8.20. The summed E-state index contributed by atoms with van der Waals surface area (Å²) in [6.07, 6.45) is 6.51. The summed E-state index contributed by atoms with van der Waals surface area (Å²) >= 11 is 0. The summed E-state index contributed by atoms with van der Waals surface area (Å²) < 4.78 is 67.5. The molecule has 1 unspecified atom stereocenters. The van der Waals surface area contributed by atoms with E-state index in [0.29, 0.717) is 22.3 Å². The zero-order valence-corrected chi connectivity index (χ0v) is 15.9. The first-order valence-corrected chi connectivity index (χ1v) is 11.1. The van der Waals surface area contributed by atoms with Crippen molar-refractivity contribution in [2.45, 2.75) is 51.0 Å². The van der Waals surface area contributed by atoms with Gasteiger partial charge >= 0.3 is 5.51 Å². The number of unbranched alkanes of at least 4 members (excludes halogenated alkanes) is 4. The normalized spacial score (nSPS) is 12.8. The first kappa shape index (κ1) is 21.9. The molecule has 3 nitrogen and oxygen atoms in total. The zero-order valence-electron chi connectivity index (χ0n) is 14.3. The van der Waals surface area contributed by atoms with Crippen LogP contribution in [0.3, 0.4) is 0 Å². The number of benzene rings is 1. The van der Waals surface area contributed by atoms with Crippen LogP contribution in [0.15, 0.2) is 30.3 Å². The molecule has 0 saturated carbocycles. The van der Waals surface area contributed by atoms with Gasteiger partial charge in [0, 0.05) is 24.1 Å². The molecule has 1 atom stereocenters. The Bertz CT molecular complexity index is 757. The minimum atomic E-state index is -4.15. The lowest BCUT2D eigenvalue weighted by Gasteiger charge is -2.01. The molecule has 1 aromatic carbocycles. The van der Waals surface area contributed by atoms with Crippen LogP contribution >= 0.6 is 10.5 Å². The Morgan fingerprint density at radius 2 is 1.64 bits per heavy atom. The predicted molar refractivity (Wildman–Crippen MR) is 95.8 cm³/mol. The van der Waals surface area contributed by atoms with Crippen molar-refractivity contribution in [3.8, 4) is 0 Å². The number of aryl methyl sites for hydroxylation is 1. The molecule has 142 valence electrons. The summed E-state index contributed by atoms with van der Waals surface area (Å²) in [5.41, 5.74) is -4.15. The minimum absolute atomic E-state index is 0.448. The Morgan fingerprint density at radius 3 is 2.20 bits per heavy atom. The Morgan fingerprint density at radius 1 is 1.08 bits per heavy atom. The number of hydrogen-bond acceptors (Lipinski definition) is 3. The third-order valence-electron chi connectivity index (χ3n) is 3.48. The zero-order chi connectivity index (χ0) is 19.1. The van der Waals surface area contributed by atoms with Crippen molar-refractivity contribution < 1.29 is 26.1 Å². The lowest BCUT2D eigenvalue weighted by atomic mass is 10.1. The van der Waals surface area contributed by atoms with E-state index >= 15 is 0 Å². The number of thiophene rings is 1. The van der Waals surface area contributed by atoms with Gasteiger partial charge in [-0.25, -0.2) is 8.42 Å². The van der Waals surface area contributed by atoms with Crippen LogP contribution in [0.1, 0.15) is 43.9 Å². The van der Waals surface area contributed by atoms with E-state index < -0.39 is 26.1 Å². The number of fused-ring (bicyclic) bond motifs is 1. The lowest BCUT2D eigenvalue weighted by Crippen LogP contribution is -1.98. The summed E-state index contributed by atoms with van der Waals surface area (Å²) in [4.78, 5) is 0.565. The maximum Gasteiger partial charge on any atom is 0.600 e. The number of rotatable bonds is 6. The number of alkyl halides is 3. The summed E-state index contributed by atoms with van der Waals surface area (Å²) in [5.74, 6) is 0. The molecule has 1 heterocycles. The topological polar surface area (TPSA) is 57.2 Å².